The first-order valence-corrected chi connectivity index (χ1v) is 6.43. The number of ether oxygens (including phenoxy) is 1. The largest absolute Gasteiger partial charge is 0.462 e. The molecule has 0 amide bonds. The fourth-order valence-electron chi connectivity index (χ4n) is 1.12. The van der Waals surface area contributed by atoms with Crippen molar-refractivity contribution in [1.82, 2.24) is 0 Å². The number of benzene rings is 1. The fourth-order valence-corrected chi connectivity index (χ4v) is 3.16. The third-order valence-corrected chi connectivity index (χ3v) is 3.15. The Morgan fingerprint density at radius 2 is 2.12 bits per heavy atom. The van der Waals surface area contributed by atoms with Gasteiger partial charge in [0.2, 0.25) is 0 Å². The molecular weight excluding hydrogens is 440 g/mol. The van der Waals surface area contributed by atoms with Crippen LogP contribution in [0.3, 0.4) is 0 Å². The third kappa shape index (κ3) is 3.03. The summed E-state index contributed by atoms with van der Waals surface area (Å²) in [5, 5.41) is 10.9. The lowest BCUT2D eigenvalue weighted by Crippen LogP contribution is -2.09. The van der Waals surface area contributed by atoms with E-state index in [1.807, 2.05) is 45.2 Å². The monoisotopic (exact) mass is 447 g/mol. The van der Waals surface area contributed by atoms with Gasteiger partial charge in [-0.15, -0.1) is 0 Å². The Hall–Kier alpha value is -0.450. The van der Waals surface area contributed by atoms with Crippen molar-refractivity contribution in [3.8, 4) is 0 Å². The molecule has 1 aromatic rings. The molecule has 0 aliphatic rings. The summed E-state index contributed by atoms with van der Waals surface area (Å²) in [5.41, 5.74) is -0.192. The summed E-state index contributed by atoms with van der Waals surface area (Å²) >= 11 is 3.83. The molecule has 0 aliphatic carbocycles. The third-order valence-electron chi connectivity index (χ3n) is 1.71. The molecule has 0 aromatic heterocycles. The van der Waals surface area contributed by atoms with Crippen molar-refractivity contribution in [3.05, 3.63) is 35.0 Å². The molecule has 1 aromatic carbocycles. The molecule has 0 radical (unpaired) electrons. The van der Waals surface area contributed by atoms with E-state index in [9.17, 15) is 14.9 Å². The number of hydrogen-bond acceptors (Lipinski definition) is 4. The van der Waals surface area contributed by atoms with E-state index in [2.05, 4.69) is 0 Å². The first-order chi connectivity index (χ1) is 7.47. The number of halogens is 2. The van der Waals surface area contributed by atoms with Crippen LogP contribution in [0, 0.1) is 17.3 Å². The zero-order chi connectivity index (χ0) is 12.3. The highest BCUT2D eigenvalue weighted by atomic mass is 127. The van der Waals surface area contributed by atoms with E-state index in [0.29, 0.717) is 3.57 Å². The number of carbonyl (C=O) groups is 1. The number of hydrogen-bond donors (Lipinski definition) is 0. The molecule has 1 rings (SSSR count). The molecule has 0 atom stereocenters. The molecule has 0 unspecified atom stereocenters. The Morgan fingerprint density at radius 1 is 1.50 bits per heavy atom. The summed E-state index contributed by atoms with van der Waals surface area (Å²) in [6, 6.07) is 3.10. The van der Waals surface area contributed by atoms with Gasteiger partial charge in [-0.25, -0.2) is 4.79 Å². The van der Waals surface area contributed by atoms with Crippen molar-refractivity contribution in [2.24, 2.45) is 0 Å². The highest BCUT2D eigenvalue weighted by Gasteiger charge is 2.25. The topological polar surface area (TPSA) is 69.4 Å². The standard InChI is InChI=1S/C9H7I2NO4/c1-2-16-9(13)6-3-5(10)4-7(11)8(6)12(14)15/h3-4H,2H2,1H3. The average Bonchev–Trinajstić information content (AvgIpc) is 2.15. The Bertz CT molecular complexity index is 447. The average molecular weight is 447 g/mol. The highest BCUT2D eigenvalue weighted by molar-refractivity contribution is 14.1. The van der Waals surface area contributed by atoms with Gasteiger partial charge in [0.1, 0.15) is 5.56 Å². The lowest BCUT2D eigenvalue weighted by atomic mass is 10.2. The van der Waals surface area contributed by atoms with Gasteiger partial charge in [-0.1, -0.05) is 0 Å². The van der Waals surface area contributed by atoms with Crippen molar-refractivity contribution in [2.75, 3.05) is 6.61 Å². The molecule has 0 bridgehead atoms. The van der Waals surface area contributed by atoms with Crippen LogP contribution in [0.5, 0.6) is 0 Å². The SMILES string of the molecule is CCOC(=O)c1cc(I)cc(I)c1[N+](=O)[O-]. The molecular formula is C9H7I2NO4. The molecule has 5 nitrogen and oxygen atoms in total. The van der Waals surface area contributed by atoms with Crippen molar-refractivity contribution in [2.45, 2.75) is 6.92 Å². The maximum atomic E-state index is 11.5. The van der Waals surface area contributed by atoms with Crippen LogP contribution >= 0.6 is 45.2 Å². The van der Waals surface area contributed by atoms with Crippen LogP contribution in [-0.2, 0) is 4.74 Å². The minimum absolute atomic E-state index is 0.00292. The van der Waals surface area contributed by atoms with Crippen LogP contribution in [0.2, 0.25) is 0 Å². The van der Waals surface area contributed by atoms with Gasteiger partial charge in [-0.2, -0.15) is 0 Å². The molecule has 0 N–H and O–H groups in total. The summed E-state index contributed by atoms with van der Waals surface area (Å²) in [4.78, 5) is 21.8. The van der Waals surface area contributed by atoms with E-state index in [0.717, 1.165) is 3.57 Å². The Morgan fingerprint density at radius 3 is 2.62 bits per heavy atom. The predicted octanol–water partition coefficient (Wildman–Crippen LogP) is 2.98. The van der Waals surface area contributed by atoms with Crippen LogP contribution < -0.4 is 0 Å². The van der Waals surface area contributed by atoms with E-state index in [1.165, 1.54) is 6.07 Å². The van der Waals surface area contributed by atoms with E-state index >= 15 is 0 Å². The maximum absolute atomic E-state index is 11.5. The lowest BCUT2D eigenvalue weighted by Gasteiger charge is -2.05. The van der Waals surface area contributed by atoms with Crippen molar-refractivity contribution >= 4 is 56.8 Å². The molecule has 16 heavy (non-hydrogen) atoms. The second-order valence-corrected chi connectivity index (χ2v) is 5.17. The van der Waals surface area contributed by atoms with Gasteiger partial charge in [0.05, 0.1) is 15.1 Å². The second-order valence-electron chi connectivity index (χ2n) is 2.76. The smallest absolute Gasteiger partial charge is 0.345 e. The van der Waals surface area contributed by atoms with Crippen molar-refractivity contribution in [3.63, 3.8) is 0 Å². The lowest BCUT2D eigenvalue weighted by molar-refractivity contribution is -0.386. The zero-order valence-electron chi connectivity index (χ0n) is 8.20. The number of carbonyl (C=O) groups excluding carboxylic acids is 1. The zero-order valence-corrected chi connectivity index (χ0v) is 12.5. The van der Waals surface area contributed by atoms with E-state index < -0.39 is 10.9 Å². The maximum Gasteiger partial charge on any atom is 0.345 e. The molecule has 0 spiro atoms. The van der Waals surface area contributed by atoms with Gasteiger partial charge in [-0.05, 0) is 64.2 Å². The molecule has 0 saturated heterocycles. The van der Waals surface area contributed by atoms with E-state index in [4.69, 9.17) is 4.74 Å². The van der Waals surface area contributed by atoms with Crippen LogP contribution in [-0.4, -0.2) is 17.5 Å². The van der Waals surface area contributed by atoms with Gasteiger partial charge in [0, 0.05) is 3.57 Å². The number of nitro groups is 1. The second kappa shape index (κ2) is 5.75. The van der Waals surface area contributed by atoms with Crippen LogP contribution in [0.4, 0.5) is 5.69 Å². The summed E-state index contributed by atoms with van der Waals surface area (Å²) in [6.07, 6.45) is 0. The predicted molar refractivity (Wildman–Crippen MR) is 74.5 cm³/mol. The first kappa shape index (κ1) is 13.6. The van der Waals surface area contributed by atoms with Crippen LogP contribution in [0.1, 0.15) is 17.3 Å². The van der Waals surface area contributed by atoms with Crippen molar-refractivity contribution in [1.29, 1.82) is 0 Å². The minimum Gasteiger partial charge on any atom is -0.462 e. The van der Waals surface area contributed by atoms with Crippen molar-refractivity contribution < 1.29 is 14.5 Å². The molecule has 0 saturated carbocycles. The summed E-state index contributed by atoms with van der Waals surface area (Å²) in [5.74, 6) is -0.661. The number of rotatable bonds is 3. The summed E-state index contributed by atoms with van der Waals surface area (Å²) < 4.78 is 5.97. The normalized spacial score (nSPS) is 9.94. The van der Waals surface area contributed by atoms with Gasteiger partial charge >= 0.3 is 5.97 Å². The van der Waals surface area contributed by atoms with Crippen LogP contribution in [0.15, 0.2) is 12.1 Å². The van der Waals surface area contributed by atoms with Gasteiger partial charge in [-0.3, -0.25) is 10.1 Å². The molecule has 0 heterocycles. The Kier molecular flexibility index (Phi) is 4.89. The Labute approximate surface area is 119 Å². The van der Waals surface area contributed by atoms with Gasteiger partial charge in [0.25, 0.3) is 5.69 Å². The summed E-state index contributed by atoms with van der Waals surface area (Å²) in [7, 11) is 0. The van der Waals surface area contributed by atoms with E-state index in [-0.39, 0.29) is 17.9 Å². The van der Waals surface area contributed by atoms with Gasteiger partial charge < -0.3 is 4.74 Å². The molecule has 0 fully saturated rings. The quantitative estimate of drug-likeness (QED) is 0.310. The molecule has 86 valence electrons. The fraction of sp³-hybridized carbons (Fsp3) is 0.222. The highest BCUT2D eigenvalue weighted by Crippen LogP contribution is 2.28. The van der Waals surface area contributed by atoms with Crippen LogP contribution in [0.25, 0.3) is 0 Å². The number of nitrogens with zero attached hydrogens (tertiary/aromatic N) is 1. The number of nitro benzene ring substituents is 1. The van der Waals surface area contributed by atoms with Gasteiger partial charge in [0.15, 0.2) is 0 Å². The molecule has 0 aliphatic heterocycles. The minimum atomic E-state index is -0.661. The number of esters is 1. The first-order valence-electron chi connectivity index (χ1n) is 4.28. The van der Waals surface area contributed by atoms with E-state index in [1.54, 1.807) is 13.0 Å². The summed E-state index contributed by atoms with van der Waals surface area (Å²) in [6.45, 7) is 1.85. The Balaban J connectivity index is 3.35. The molecule has 7 heteroatoms.